The topological polar surface area (TPSA) is 53.7 Å². The first kappa shape index (κ1) is 14.5. The number of pyridine rings is 1. The molecule has 2 fully saturated rings. The third-order valence-electron chi connectivity index (χ3n) is 5.25. The van der Waals surface area contributed by atoms with Crippen molar-refractivity contribution in [3.05, 3.63) is 24.4 Å². The van der Waals surface area contributed by atoms with Gasteiger partial charge in [-0.2, -0.15) is 0 Å². The van der Waals surface area contributed by atoms with E-state index in [1.165, 1.54) is 0 Å². The van der Waals surface area contributed by atoms with Gasteiger partial charge in [0.2, 0.25) is 11.9 Å². The van der Waals surface area contributed by atoms with Gasteiger partial charge in [0.05, 0.1) is 5.41 Å². The predicted molar refractivity (Wildman–Crippen MR) is 88.4 cm³/mol. The summed E-state index contributed by atoms with van der Waals surface area (Å²) in [6.07, 6.45) is 6.05. The second kappa shape index (κ2) is 5.51. The Morgan fingerprint density at radius 3 is 3.00 bits per heavy atom. The number of fused-ring (bicyclic) bond motifs is 1. The molecule has 0 aromatic carbocycles. The summed E-state index contributed by atoms with van der Waals surface area (Å²) in [4.78, 5) is 17.3. The molecule has 1 atom stereocenters. The van der Waals surface area contributed by atoms with Crippen molar-refractivity contribution in [3.8, 4) is 0 Å². The number of carbonyl (C=O) groups excluding carboxylic acids is 1. The van der Waals surface area contributed by atoms with Crippen LogP contribution in [0.15, 0.2) is 24.4 Å². The highest BCUT2D eigenvalue weighted by atomic mass is 16.2. The van der Waals surface area contributed by atoms with Gasteiger partial charge in [-0.25, -0.2) is 0 Å². The number of rotatable bonds is 3. The predicted octanol–water partition coefficient (Wildman–Crippen LogP) is 1.96. The van der Waals surface area contributed by atoms with Gasteiger partial charge in [0.15, 0.2) is 5.65 Å². The number of hydrogen-bond acceptors (Lipinski definition) is 4. The monoisotopic (exact) mass is 313 g/mol. The minimum atomic E-state index is -0.214. The van der Waals surface area contributed by atoms with Crippen molar-refractivity contribution in [2.45, 2.75) is 32.6 Å². The van der Waals surface area contributed by atoms with Gasteiger partial charge in [-0.05, 0) is 37.8 Å². The number of nitrogens with zero attached hydrogens (tertiary/aromatic N) is 5. The number of likely N-dealkylation sites (tertiary alicyclic amines) is 1. The molecule has 2 aliphatic heterocycles. The first-order valence-corrected chi connectivity index (χ1v) is 8.58. The lowest BCUT2D eigenvalue weighted by Gasteiger charge is -2.39. The van der Waals surface area contributed by atoms with Crippen LogP contribution in [-0.4, -0.2) is 51.6 Å². The van der Waals surface area contributed by atoms with Gasteiger partial charge >= 0.3 is 0 Å². The number of piperidine rings is 1. The lowest BCUT2D eigenvalue weighted by Crippen LogP contribution is -2.50. The van der Waals surface area contributed by atoms with E-state index in [0.29, 0.717) is 5.91 Å². The van der Waals surface area contributed by atoms with E-state index in [2.05, 4.69) is 26.9 Å². The Labute approximate surface area is 136 Å². The van der Waals surface area contributed by atoms with Crippen LogP contribution in [0.3, 0.4) is 0 Å². The average molecular weight is 313 g/mol. The smallest absolute Gasteiger partial charge is 0.231 e. The van der Waals surface area contributed by atoms with Crippen molar-refractivity contribution in [2.75, 3.05) is 31.1 Å². The van der Waals surface area contributed by atoms with Crippen molar-refractivity contribution in [2.24, 2.45) is 5.41 Å². The highest BCUT2D eigenvalue weighted by Crippen LogP contribution is 2.41. The Morgan fingerprint density at radius 2 is 2.13 bits per heavy atom. The van der Waals surface area contributed by atoms with E-state index in [9.17, 15) is 4.79 Å². The van der Waals surface area contributed by atoms with Crippen molar-refractivity contribution < 1.29 is 4.79 Å². The van der Waals surface area contributed by atoms with Crippen LogP contribution in [0.2, 0.25) is 0 Å². The molecule has 2 saturated heterocycles. The lowest BCUT2D eigenvalue weighted by atomic mass is 9.78. The quantitative estimate of drug-likeness (QED) is 0.869. The summed E-state index contributed by atoms with van der Waals surface area (Å²) in [6, 6.07) is 5.91. The number of amides is 1. The maximum atomic E-state index is 13.0. The van der Waals surface area contributed by atoms with Gasteiger partial charge in [-0.1, -0.05) is 13.0 Å². The number of hydrogen-bond donors (Lipinski definition) is 0. The fourth-order valence-electron chi connectivity index (χ4n) is 4.10. The Balaban J connectivity index is 1.60. The average Bonchev–Trinajstić information content (AvgIpc) is 3.17. The van der Waals surface area contributed by atoms with Crippen molar-refractivity contribution in [3.63, 3.8) is 0 Å². The van der Waals surface area contributed by atoms with Crippen LogP contribution in [0.25, 0.3) is 5.65 Å². The highest BCUT2D eigenvalue weighted by Gasteiger charge is 2.48. The zero-order valence-electron chi connectivity index (χ0n) is 13.6. The van der Waals surface area contributed by atoms with Crippen molar-refractivity contribution in [1.82, 2.24) is 19.5 Å². The van der Waals surface area contributed by atoms with Gasteiger partial charge in [0, 0.05) is 32.4 Å². The van der Waals surface area contributed by atoms with Gasteiger partial charge < -0.3 is 9.80 Å². The molecule has 0 aliphatic carbocycles. The van der Waals surface area contributed by atoms with Crippen LogP contribution in [-0.2, 0) is 4.79 Å². The summed E-state index contributed by atoms with van der Waals surface area (Å²) in [5, 5.41) is 8.59. The third kappa shape index (κ3) is 2.28. The molecule has 0 N–H and O–H groups in total. The molecule has 2 aliphatic rings. The lowest BCUT2D eigenvalue weighted by molar-refractivity contribution is -0.145. The molecule has 0 radical (unpaired) electrons. The van der Waals surface area contributed by atoms with Crippen LogP contribution in [0, 0.1) is 5.41 Å². The zero-order valence-corrected chi connectivity index (χ0v) is 13.6. The molecule has 0 bridgehead atoms. The van der Waals surface area contributed by atoms with Gasteiger partial charge in [0.25, 0.3) is 0 Å². The molecule has 1 amide bonds. The molecule has 23 heavy (non-hydrogen) atoms. The van der Waals surface area contributed by atoms with Crippen LogP contribution in [0.1, 0.15) is 32.6 Å². The second-order valence-corrected chi connectivity index (χ2v) is 6.78. The van der Waals surface area contributed by atoms with Crippen LogP contribution < -0.4 is 4.90 Å². The summed E-state index contributed by atoms with van der Waals surface area (Å²) in [7, 11) is 0. The minimum Gasteiger partial charge on any atom is -0.342 e. The standard InChI is InChI=1S/C17H23N5O/c1-2-9-20-10-5-7-17(15(20)23)8-12-21(13-17)16-19-18-14-6-3-4-11-22(14)16/h3-4,6,11H,2,5,7-10,12-13H2,1H3/t17-/m0/s1. The van der Waals surface area contributed by atoms with E-state index in [-0.39, 0.29) is 5.41 Å². The van der Waals surface area contributed by atoms with E-state index >= 15 is 0 Å². The van der Waals surface area contributed by atoms with Gasteiger partial charge in [-0.3, -0.25) is 9.20 Å². The SMILES string of the molecule is CCCN1CCC[C@@]2(CCN(c3nnc4ccccn34)C2)C1=O. The fourth-order valence-corrected chi connectivity index (χ4v) is 4.10. The van der Waals surface area contributed by atoms with E-state index in [0.717, 1.165) is 63.5 Å². The minimum absolute atomic E-state index is 0.214. The van der Waals surface area contributed by atoms with Crippen LogP contribution >= 0.6 is 0 Å². The molecule has 0 saturated carbocycles. The van der Waals surface area contributed by atoms with Crippen molar-refractivity contribution in [1.29, 1.82) is 0 Å². The highest BCUT2D eigenvalue weighted by molar-refractivity contribution is 5.85. The molecule has 6 heteroatoms. The Bertz CT molecular complexity index is 725. The van der Waals surface area contributed by atoms with Gasteiger partial charge in [-0.15, -0.1) is 10.2 Å². The maximum Gasteiger partial charge on any atom is 0.231 e. The van der Waals surface area contributed by atoms with Crippen molar-refractivity contribution >= 4 is 17.5 Å². The molecule has 0 unspecified atom stereocenters. The molecule has 122 valence electrons. The summed E-state index contributed by atoms with van der Waals surface area (Å²) in [5.41, 5.74) is 0.639. The summed E-state index contributed by atoms with van der Waals surface area (Å²) < 4.78 is 2.01. The first-order chi connectivity index (χ1) is 11.2. The fraction of sp³-hybridized carbons (Fsp3) is 0.588. The number of carbonyl (C=O) groups is 1. The molecule has 4 heterocycles. The van der Waals surface area contributed by atoms with E-state index in [1.807, 2.05) is 28.8 Å². The second-order valence-electron chi connectivity index (χ2n) is 6.78. The molecule has 4 rings (SSSR count). The van der Waals surface area contributed by atoms with E-state index < -0.39 is 0 Å². The number of anilines is 1. The van der Waals surface area contributed by atoms with E-state index in [4.69, 9.17) is 0 Å². The zero-order chi connectivity index (χ0) is 15.9. The largest absolute Gasteiger partial charge is 0.342 e. The molecule has 2 aromatic heterocycles. The van der Waals surface area contributed by atoms with Crippen LogP contribution in [0.5, 0.6) is 0 Å². The molecule has 1 spiro atoms. The number of aromatic nitrogens is 3. The molecule has 6 nitrogen and oxygen atoms in total. The summed E-state index contributed by atoms with van der Waals surface area (Å²) in [5.74, 6) is 1.21. The third-order valence-corrected chi connectivity index (χ3v) is 5.25. The molecular weight excluding hydrogens is 290 g/mol. The molecular formula is C17H23N5O. The summed E-state index contributed by atoms with van der Waals surface area (Å²) in [6.45, 7) is 5.58. The van der Waals surface area contributed by atoms with Crippen LogP contribution in [0.4, 0.5) is 5.95 Å². The Morgan fingerprint density at radius 1 is 1.22 bits per heavy atom. The molecule has 2 aromatic rings. The van der Waals surface area contributed by atoms with Gasteiger partial charge in [0.1, 0.15) is 0 Å². The maximum absolute atomic E-state index is 13.0. The normalized spacial score (nSPS) is 25.0. The Kier molecular flexibility index (Phi) is 3.47. The first-order valence-electron chi connectivity index (χ1n) is 8.58. The Hall–Kier alpha value is -2.11. The summed E-state index contributed by atoms with van der Waals surface area (Å²) >= 11 is 0. The van der Waals surface area contributed by atoms with E-state index in [1.54, 1.807) is 0 Å².